The Morgan fingerprint density at radius 1 is 0.929 bits per heavy atom. The predicted octanol–water partition coefficient (Wildman–Crippen LogP) is 5.21. The highest BCUT2D eigenvalue weighted by molar-refractivity contribution is 7.91. The number of aromatic nitrogens is 2. The van der Waals surface area contributed by atoms with E-state index >= 15 is 0 Å². The Morgan fingerprint density at radius 2 is 1.68 bits per heavy atom. The van der Waals surface area contributed by atoms with Gasteiger partial charge in [0, 0.05) is 18.3 Å². The van der Waals surface area contributed by atoms with Crippen molar-refractivity contribution in [1.29, 1.82) is 0 Å². The number of esters is 1. The van der Waals surface area contributed by atoms with Gasteiger partial charge in [0.15, 0.2) is 0 Å². The van der Waals surface area contributed by atoms with Gasteiger partial charge in [0.1, 0.15) is 29.5 Å². The Balaban J connectivity index is 1.13. The molecule has 56 heavy (non-hydrogen) atoms. The summed E-state index contributed by atoms with van der Waals surface area (Å²) in [6.07, 6.45) is 15.2. The van der Waals surface area contributed by atoms with Gasteiger partial charge in [-0.05, 0) is 102 Å². The minimum absolute atomic E-state index is 0.0658. The molecule has 0 radical (unpaired) electrons. The number of allylic oxidation sites excluding steroid dienone is 1. The number of rotatable bonds is 3. The van der Waals surface area contributed by atoms with E-state index < -0.39 is 56.1 Å². The molecule has 13 nitrogen and oxygen atoms in total. The lowest BCUT2D eigenvalue weighted by Gasteiger charge is -2.30. The lowest BCUT2D eigenvalue weighted by molar-refractivity contribution is -0.155. The van der Waals surface area contributed by atoms with Crippen LogP contribution in [0.25, 0.3) is 11.0 Å². The molecule has 6 aliphatic rings. The Hall–Kier alpha value is -4.07. The molecule has 3 aliphatic heterocycles. The molecule has 3 amide bonds. The summed E-state index contributed by atoms with van der Waals surface area (Å²) in [5.74, 6) is -2.48. The number of ether oxygens (including phenoxy) is 2. The number of carbonyl (C=O) groups is 4. The van der Waals surface area contributed by atoms with Gasteiger partial charge in [0.2, 0.25) is 27.7 Å². The first-order valence-electron chi connectivity index (χ1n) is 20.9. The maximum atomic E-state index is 14.7. The lowest BCUT2D eigenvalue weighted by Crippen LogP contribution is -2.57. The van der Waals surface area contributed by atoms with Crippen LogP contribution in [0.4, 0.5) is 0 Å². The topological polar surface area (TPSA) is 174 Å². The van der Waals surface area contributed by atoms with Gasteiger partial charge in [-0.3, -0.25) is 23.9 Å². The molecule has 3 bridgehead atoms. The summed E-state index contributed by atoms with van der Waals surface area (Å²) in [5, 5.41) is 2.95. The number of para-hydroxylation sites is 2. The summed E-state index contributed by atoms with van der Waals surface area (Å²) in [5.41, 5.74) is 0.684. The predicted molar refractivity (Wildman–Crippen MR) is 207 cm³/mol. The number of aryl methyl sites for hydroxylation is 1. The Kier molecular flexibility index (Phi) is 10.9. The van der Waals surface area contributed by atoms with Crippen molar-refractivity contribution in [3.8, 4) is 5.88 Å². The van der Waals surface area contributed by atoms with Crippen LogP contribution in [0.1, 0.15) is 122 Å². The molecule has 2 N–H and O–H groups in total. The Bertz CT molecular complexity index is 2000. The van der Waals surface area contributed by atoms with E-state index in [2.05, 4.69) is 10.0 Å². The van der Waals surface area contributed by atoms with Crippen LogP contribution < -0.4 is 14.8 Å². The summed E-state index contributed by atoms with van der Waals surface area (Å²) in [6.45, 7) is 1.68. The number of nitrogens with zero attached hydrogens (tertiary/aromatic N) is 3. The van der Waals surface area contributed by atoms with Gasteiger partial charge in [-0.1, -0.05) is 50.0 Å². The molecule has 4 heterocycles. The van der Waals surface area contributed by atoms with Crippen LogP contribution in [0.5, 0.6) is 5.88 Å². The SMILES string of the molecule is CC1(S(=O)(=O)NC(=O)C23CC2C=CCCCCCC2CC(=O)OC4CCCC4CCCCCc4nc5ccccc5nc4OC4CC(C(=O)N3)N(C4)C2=O)CC1. The zero-order chi connectivity index (χ0) is 39.1. The third-order valence-electron chi connectivity index (χ3n) is 13.2. The molecule has 7 atom stereocenters. The van der Waals surface area contributed by atoms with Gasteiger partial charge in [-0.15, -0.1) is 0 Å². The highest BCUT2D eigenvalue weighted by Gasteiger charge is 2.63. The highest BCUT2D eigenvalue weighted by atomic mass is 32.2. The maximum absolute atomic E-state index is 14.7. The Labute approximate surface area is 329 Å². The fourth-order valence-corrected chi connectivity index (χ4v) is 10.6. The molecule has 1 saturated heterocycles. The van der Waals surface area contributed by atoms with Crippen LogP contribution >= 0.6 is 0 Å². The molecule has 2 aromatic rings. The molecule has 3 saturated carbocycles. The van der Waals surface area contributed by atoms with E-state index in [0.29, 0.717) is 43.0 Å². The molecule has 7 unspecified atom stereocenters. The number of hydrogen-bond acceptors (Lipinski definition) is 10. The molecule has 1 aromatic heterocycles. The van der Waals surface area contributed by atoms with E-state index in [4.69, 9.17) is 19.4 Å². The lowest BCUT2D eigenvalue weighted by atomic mass is 9.94. The Morgan fingerprint density at radius 3 is 2.48 bits per heavy atom. The van der Waals surface area contributed by atoms with Crippen molar-refractivity contribution in [2.45, 2.75) is 151 Å². The van der Waals surface area contributed by atoms with E-state index in [1.807, 2.05) is 36.4 Å². The van der Waals surface area contributed by atoms with Gasteiger partial charge in [-0.2, -0.15) is 0 Å². The number of amides is 3. The van der Waals surface area contributed by atoms with Gasteiger partial charge in [-0.25, -0.2) is 18.4 Å². The molecular weight excluding hydrogens is 735 g/mol. The van der Waals surface area contributed by atoms with Crippen LogP contribution in [0.2, 0.25) is 0 Å². The number of carbonyl (C=O) groups excluding carboxylic acids is 4. The summed E-state index contributed by atoms with van der Waals surface area (Å²) in [4.78, 5) is 68.2. The highest BCUT2D eigenvalue weighted by Crippen LogP contribution is 2.47. The second kappa shape index (κ2) is 15.7. The van der Waals surface area contributed by atoms with E-state index in [9.17, 15) is 27.6 Å². The van der Waals surface area contributed by atoms with E-state index in [-0.39, 0.29) is 43.8 Å². The second-order valence-electron chi connectivity index (χ2n) is 17.4. The third kappa shape index (κ3) is 8.04. The number of fused-ring (bicyclic) bond motifs is 6. The quantitative estimate of drug-likeness (QED) is 0.311. The van der Waals surface area contributed by atoms with Crippen molar-refractivity contribution in [3.63, 3.8) is 0 Å². The first-order chi connectivity index (χ1) is 26.9. The first kappa shape index (κ1) is 38.8. The fraction of sp³-hybridized carbons (Fsp3) is 0.667. The molecular formula is C42H55N5O8S. The molecule has 3 aliphatic carbocycles. The van der Waals surface area contributed by atoms with Crippen molar-refractivity contribution < 1.29 is 37.1 Å². The van der Waals surface area contributed by atoms with Crippen LogP contribution in [0, 0.1) is 17.8 Å². The number of hydrogen-bond donors (Lipinski definition) is 2. The minimum Gasteiger partial charge on any atom is -0.471 e. The van der Waals surface area contributed by atoms with Crippen LogP contribution in [0.15, 0.2) is 36.4 Å². The molecule has 0 spiro atoms. The minimum atomic E-state index is -3.97. The number of sulfonamides is 1. The summed E-state index contributed by atoms with van der Waals surface area (Å²) < 4.78 is 40.4. The molecule has 1 aromatic carbocycles. The standard InChI is InChI=1S/C42H55N5O8S/c1-41(21-22-41)56(52,53)46-40(51)42-25-29(42)16-8-4-2-3-6-14-28-23-36(48)55-35-20-12-15-27(35)13-7-5-9-19-33-38(44-32-18-11-10-17-31(32)43-33)54-30-24-34(37(49)45-42)47(26-30)39(28)50/h8,10-11,16-18,27-30,34-35H,2-7,9,12-15,19-26H2,1H3,(H,45,49)(H,46,51). The van der Waals surface area contributed by atoms with Crippen molar-refractivity contribution in [2.24, 2.45) is 17.8 Å². The second-order valence-corrected chi connectivity index (χ2v) is 19.6. The zero-order valence-corrected chi connectivity index (χ0v) is 33.2. The first-order valence-corrected chi connectivity index (χ1v) is 22.4. The van der Waals surface area contributed by atoms with E-state index in [1.54, 1.807) is 6.92 Å². The number of benzene rings is 1. The normalized spacial score (nSPS) is 32.6. The van der Waals surface area contributed by atoms with Gasteiger partial charge >= 0.3 is 5.97 Å². The average Bonchev–Trinajstić information content (AvgIpc) is 3.97. The molecule has 8 rings (SSSR count). The van der Waals surface area contributed by atoms with Crippen molar-refractivity contribution in [3.05, 3.63) is 42.1 Å². The smallest absolute Gasteiger partial charge is 0.306 e. The van der Waals surface area contributed by atoms with E-state index in [0.717, 1.165) is 81.8 Å². The van der Waals surface area contributed by atoms with Crippen LogP contribution in [-0.4, -0.2) is 82.1 Å². The fourth-order valence-electron chi connectivity index (χ4n) is 9.30. The average molecular weight is 790 g/mol. The monoisotopic (exact) mass is 789 g/mol. The summed E-state index contributed by atoms with van der Waals surface area (Å²) in [6, 6.07) is 6.58. The molecule has 14 heteroatoms. The van der Waals surface area contributed by atoms with Crippen molar-refractivity contribution in [2.75, 3.05) is 6.54 Å². The van der Waals surface area contributed by atoms with Crippen LogP contribution in [-0.2, 0) is 40.4 Å². The summed E-state index contributed by atoms with van der Waals surface area (Å²) in [7, 11) is -3.97. The van der Waals surface area contributed by atoms with Gasteiger partial charge in [0.25, 0.3) is 5.91 Å². The van der Waals surface area contributed by atoms with Crippen molar-refractivity contribution in [1.82, 2.24) is 24.9 Å². The van der Waals surface area contributed by atoms with E-state index in [1.165, 1.54) is 4.90 Å². The van der Waals surface area contributed by atoms with Gasteiger partial charge in [0.05, 0.1) is 28.7 Å². The van der Waals surface area contributed by atoms with Crippen molar-refractivity contribution >= 4 is 44.7 Å². The maximum Gasteiger partial charge on any atom is 0.306 e. The van der Waals surface area contributed by atoms with Gasteiger partial charge < -0.3 is 19.7 Å². The number of nitrogens with one attached hydrogen (secondary N) is 2. The zero-order valence-electron chi connectivity index (χ0n) is 32.4. The molecule has 4 fully saturated rings. The molecule has 302 valence electrons. The van der Waals surface area contributed by atoms with Crippen LogP contribution in [0.3, 0.4) is 0 Å². The largest absolute Gasteiger partial charge is 0.471 e. The third-order valence-corrected chi connectivity index (χ3v) is 15.4. The summed E-state index contributed by atoms with van der Waals surface area (Å²) >= 11 is 0.